The monoisotopic (exact) mass is 420 g/mol. The van der Waals surface area contributed by atoms with E-state index in [1.54, 1.807) is 0 Å². The number of hydrogen-bond donors (Lipinski definition) is 1. The predicted molar refractivity (Wildman–Crippen MR) is 133 cm³/mol. The number of rotatable bonds is 24. The van der Waals surface area contributed by atoms with E-state index in [9.17, 15) is 4.79 Å². The second kappa shape index (κ2) is 26.0. The summed E-state index contributed by atoms with van der Waals surface area (Å²) in [6, 6.07) is 0. The fraction of sp³-hybridized carbons (Fsp3) is 0.821. The maximum absolute atomic E-state index is 10.4. The van der Waals surface area contributed by atoms with E-state index in [-0.39, 0.29) is 0 Å². The van der Waals surface area contributed by atoms with Crippen LogP contribution in [0.25, 0.3) is 0 Å². The van der Waals surface area contributed by atoms with Gasteiger partial charge < -0.3 is 5.11 Å². The Kier molecular flexibility index (Phi) is 25.1. The molecule has 0 fully saturated rings. The van der Waals surface area contributed by atoms with Crippen molar-refractivity contribution >= 4 is 5.97 Å². The largest absolute Gasteiger partial charge is 0.481 e. The minimum atomic E-state index is -0.655. The Bertz CT molecular complexity index is 397. The average Bonchev–Trinajstić information content (AvgIpc) is 2.73. The van der Waals surface area contributed by atoms with Crippen LogP contribution >= 0.6 is 0 Å². The first-order valence-electron chi connectivity index (χ1n) is 13.3. The molecule has 0 bridgehead atoms. The van der Waals surface area contributed by atoms with Crippen molar-refractivity contribution < 1.29 is 9.90 Å². The van der Waals surface area contributed by atoms with Crippen LogP contribution in [0.4, 0.5) is 0 Å². The zero-order chi connectivity index (χ0) is 22.0. The maximum Gasteiger partial charge on any atom is 0.303 e. The van der Waals surface area contributed by atoms with Crippen LogP contribution < -0.4 is 0 Å². The van der Waals surface area contributed by atoms with Crippen LogP contribution in [-0.2, 0) is 4.79 Å². The molecule has 0 aliphatic heterocycles. The van der Waals surface area contributed by atoms with E-state index in [0.717, 1.165) is 19.3 Å². The second-order valence-corrected chi connectivity index (χ2v) is 8.91. The molecule has 0 saturated carbocycles. The molecule has 0 rings (SSSR count). The number of allylic oxidation sites excluding steroid dienone is 4. The molecule has 2 nitrogen and oxygen atoms in total. The van der Waals surface area contributed by atoms with Gasteiger partial charge in [0.05, 0.1) is 0 Å². The summed E-state index contributed by atoms with van der Waals surface area (Å²) in [5, 5.41) is 8.59. The maximum atomic E-state index is 10.4. The molecule has 0 amide bonds. The molecule has 0 heterocycles. The van der Waals surface area contributed by atoms with Crippen LogP contribution in [0.15, 0.2) is 24.3 Å². The van der Waals surface area contributed by atoms with Gasteiger partial charge in [-0.05, 0) is 38.5 Å². The fourth-order valence-corrected chi connectivity index (χ4v) is 3.86. The molecule has 0 spiro atoms. The summed E-state index contributed by atoms with van der Waals surface area (Å²) in [4.78, 5) is 10.4. The molecule has 2 heteroatoms. The quantitative estimate of drug-likeness (QED) is 0.125. The van der Waals surface area contributed by atoms with Crippen molar-refractivity contribution in [3.63, 3.8) is 0 Å². The molecule has 0 saturated heterocycles. The fourth-order valence-electron chi connectivity index (χ4n) is 3.86. The van der Waals surface area contributed by atoms with E-state index in [4.69, 9.17) is 5.11 Å². The lowest BCUT2D eigenvalue weighted by atomic mass is 10.0. The molecule has 30 heavy (non-hydrogen) atoms. The minimum Gasteiger partial charge on any atom is -0.481 e. The number of carboxylic acid groups (broad SMARTS) is 1. The van der Waals surface area contributed by atoms with Crippen LogP contribution in [0.1, 0.15) is 148 Å². The zero-order valence-corrected chi connectivity index (χ0v) is 20.2. The Labute approximate surface area is 188 Å². The highest BCUT2D eigenvalue weighted by atomic mass is 16.4. The lowest BCUT2D eigenvalue weighted by Crippen LogP contribution is -1.93. The molecule has 0 atom stereocenters. The first-order valence-corrected chi connectivity index (χ1v) is 13.3. The van der Waals surface area contributed by atoms with E-state index in [1.807, 2.05) is 0 Å². The first-order chi connectivity index (χ1) is 14.8. The molecule has 0 aliphatic carbocycles. The first kappa shape index (κ1) is 28.9. The van der Waals surface area contributed by atoms with E-state index in [2.05, 4.69) is 31.2 Å². The van der Waals surface area contributed by atoms with E-state index < -0.39 is 5.97 Å². The Morgan fingerprint density at radius 2 is 0.900 bits per heavy atom. The Morgan fingerprint density at radius 1 is 0.533 bits per heavy atom. The predicted octanol–water partition coefficient (Wildman–Crippen LogP) is 9.79. The van der Waals surface area contributed by atoms with Crippen LogP contribution in [-0.4, -0.2) is 11.1 Å². The third-order valence-corrected chi connectivity index (χ3v) is 5.84. The van der Waals surface area contributed by atoms with Crippen LogP contribution in [0, 0.1) is 0 Å². The minimum absolute atomic E-state index is 0.340. The van der Waals surface area contributed by atoms with Crippen LogP contribution in [0.5, 0.6) is 0 Å². The standard InChI is InChI=1S/C28H52O2/c1-2-3-4-5-6-7-8-9-10-11-12-13-14-15-16-17-18-19-20-21-22-23-24-25-26-27-28(29)30/h8-9,11-12H,2-7,10,13-27H2,1H3,(H,29,30)/b9-8-,12-11-. The van der Waals surface area contributed by atoms with Gasteiger partial charge in [0, 0.05) is 6.42 Å². The molecule has 176 valence electrons. The molecular formula is C28H52O2. The van der Waals surface area contributed by atoms with Crippen molar-refractivity contribution in [3.05, 3.63) is 24.3 Å². The normalized spacial score (nSPS) is 11.8. The van der Waals surface area contributed by atoms with Gasteiger partial charge in [-0.2, -0.15) is 0 Å². The number of hydrogen-bond acceptors (Lipinski definition) is 1. The zero-order valence-electron chi connectivity index (χ0n) is 20.2. The highest BCUT2D eigenvalue weighted by Gasteiger charge is 1.97. The Balaban J connectivity index is 3.13. The molecule has 0 aromatic rings. The molecular weight excluding hydrogens is 368 g/mol. The number of aliphatic carboxylic acids is 1. The Morgan fingerprint density at radius 3 is 1.30 bits per heavy atom. The van der Waals surface area contributed by atoms with Crippen LogP contribution in [0.2, 0.25) is 0 Å². The number of carboxylic acids is 1. The lowest BCUT2D eigenvalue weighted by molar-refractivity contribution is -0.137. The molecule has 1 N–H and O–H groups in total. The summed E-state index contributed by atoms with van der Waals surface area (Å²) in [5.41, 5.74) is 0. The number of unbranched alkanes of at least 4 members (excludes halogenated alkanes) is 18. The SMILES string of the molecule is CCCCCCC/C=C\C/C=C\CCCCCCCCCCCCCCCC(=O)O. The topological polar surface area (TPSA) is 37.3 Å². The van der Waals surface area contributed by atoms with Crippen molar-refractivity contribution in [2.45, 2.75) is 148 Å². The third kappa shape index (κ3) is 27.0. The summed E-state index contributed by atoms with van der Waals surface area (Å²) < 4.78 is 0. The van der Waals surface area contributed by atoms with Gasteiger partial charge >= 0.3 is 5.97 Å². The number of carbonyl (C=O) groups is 1. The van der Waals surface area contributed by atoms with Crippen molar-refractivity contribution in [1.29, 1.82) is 0 Å². The van der Waals surface area contributed by atoms with Gasteiger partial charge in [0.25, 0.3) is 0 Å². The molecule has 0 aromatic heterocycles. The van der Waals surface area contributed by atoms with Gasteiger partial charge in [-0.3, -0.25) is 4.79 Å². The lowest BCUT2D eigenvalue weighted by Gasteiger charge is -2.03. The molecule has 0 unspecified atom stereocenters. The highest BCUT2D eigenvalue weighted by Crippen LogP contribution is 2.13. The van der Waals surface area contributed by atoms with Gasteiger partial charge in [0.2, 0.25) is 0 Å². The van der Waals surface area contributed by atoms with E-state index in [1.165, 1.54) is 116 Å². The summed E-state index contributed by atoms with van der Waals surface area (Å²) in [5.74, 6) is -0.655. The summed E-state index contributed by atoms with van der Waals surface area (Å²) in [6.45, 7) is 2.27. The third-order valence-electron chi connectivity index (χ3n) is 5.84. The summed E-state index contributed by atoms with van der Waals surface area (Å²) in [6.07, 6.45) is 37.0. The molecule has 0 aromatic carbocycles. The summed E-state index contributed by atoms with van der Waals surface area (Å²) in [7, 11) is 0. The van der Waals surface area contributed by atoms with E-state index in [0.29, 0.717) is 6.42 Å². The van der Waals surface area contributed by atoms with Gasteiger partial charge in [0.1, 0.15) is 0 Å². The Hall–Kier alpha value is -1.05. The van der Waals surface area contributed by atoms with Crippen molar-refractivity contribution in [1.82, 2.24) is 0 Å². The summed E-state index contributed by atoms with van der Waals surface area (Å²) >= 11 is 0. The van der Waals surface area contributed by atoms with Crippen molar-refractivity contribution in [3.8, 4) is 0 Å². The molecule has 0 aliphatic rings. The smallest absolute Gasteiger partial charge is 0.303 e. The van der Waals surface area contributed by atoms with Gasteiger partial charge in [-0.1, -0.05) is 128 Å². The van der Waals surface area contributed by atoms with Gasteiger partial charge in [-0.15, -0.1) is 0 Å². The average molecular weight is 421 g/mol. The van der Waals surface area contributed by atoms with Crippen molar-refractivity contribution in [2.75, 3.05) is 0 Å². The highest BCUT2D eigenvalue weighted by molar-refractivity contribution is 5.66. The molecule has 0 radical (unpaired) electrons. The van der Waals surface area contributed by atoms with Gasteiger partial charge in [-0.25, -0.2) is 0 Å². The van der Waals surface area contributed by atoms with Crippen LogP contribution in [0.3, 0.4) is 0 Å². The second-order valence-electron chi connectivity index (χ2n) is 8.91. The van der Waals surface area contributed by atoms with Gasteiger partial charge in [0.15, 0.2) is 0 Å². The van der Waals surface area contributed by atoms with E-state index >= 15 is 0 Å². The van der Waals surface area contributed by atoms with Crippen molar-refractivity contribution in [2.24, 2.45) is 0 Å².